The molecule has 0 fully saturated rings. The summed E-state index contributed by atoms with van der Waals surface area (Å²) < 4.78 is 45.9. The normalized spacial score (nSPS) is 11.8. The van der Waals surface area contributed by atoms with E-state index in [1.165, 1.54) is 12.1 Å². The topological polar surface area (TPSA) is 67.4 Å². The minimum atomic E-state index is -3.65. The van der Waals surface area contributed by atoms with Crippen molar-refractivity contribution in [2.75, 3.05) is 26.3 Å². The number of aryl methyl sites for hydroxylation is 1. The Hall–Kier alpha value is -1.02. The number of ether oxygens (including phenoxy) is 1. The summed E-state index contributed by atoms with van der Waals surface area (Å²) in [6.45, 7) is 7.31. The van der Waals surface area contributed by atoms with Gasteiger partial charge in [-0.05, 0) is 38.1 Å². The predicted molar refractivity (Wildman–Crippen MR) is 80.2 cm³/mol. The van der Waals surface area contributed by atoms with Gasteiger partial charge in [0.15, 0.2) is 0 Å². The molecule has 5 nitrogen and oxygen atoms in total. The minimum absolute atomic E-state index is 0.0748. The number of halogens is 1. The first-order chi connectivity index (χ1) is 9.92. The third kappa shape index (κ3) is 5.35. The zero-order valence-electron chi connectivity index (χ0n) is 12.7. The van der Waals surface area contributed by atoms with Gasteiger partial charge in [0.1, 0.15) is 5.82 Å². The molecule has 21 heavy (non-hydrogen) atoms. The number of benzene rings is 1. The Labute approximate surface area is 125 Å². The third-order valence-corrected chi connectivity index (χ3v) is 4.36. The molecule has 0 saturated carbocycles. The fourth-order valence-corrected chi connectivity index (χ4v) is 2.97. The molecule has 0 aromatic heterocycles. The Morgan fingerprint density at radius 2 is 2.00 bits per heavy atom. The van der Waals surface area contributed by atoms with E-state index in [-0.39, 0.29) is 17.3 Å². The van der Waals surface area contributed by atoms with Crippen molar-refractivity contribution in [3.63, 3.8) is 0 Å². The van der Waals surface area contributed by atoms with Gasteiger partial charge in [0.2, 0.25) is 10.0 Å². The van der Waals surface area contributed by atoms with E-state index < -0.39 is 10.0 Å². The summed E-state index contributed by atoms with van der Waals surface area (Å²) in [5, 5.41) is 3.00. The maximum atomic E-state index is 14.0. The second-order valence-corrected chi connectivity index (χ2v) is 6.36. The van der Waals surface area contributed by atoms with Gasteiger partial charge in [-0.2, -0.15) is 0 Å². The average molecular weight is 318 g/mol. The largest absolute Gasteiger partial charge is 0.380 e. The van der Waals surface area contributed by atoms with Crippen molar-refractivity contribution in [1.82, 2.24) is 10.0 Å². The molecule has 0 heterocycles. The van der Waals surface area contributed by atoms with Crippen LogP contribution in [0.2, 0.25) is 0 Å². The third-order valence-electron chi connectivity index (χ3n) is 2.92. The quantitative estimate of drug-likeness (QED) is 0.678. The standard InChI is InChI=1S/C14H23FN2O3S/c1-4-16-10-12-9-13(8-11(3)14(12)15)21(18,19)17-6-7-20-5-2/h8-9,16-17H,4-7,10H2,1-3H3. The van der Waals surface area contributed by atoms with Crippen LogP contribution in [-0.4, -0.2) is 34.7 Å². The second kappa shape index (κ2) is 8.43. The van der Waals surface area contributed by atoms with E-state index in [2.05, 4.69) is 10.0 Å². The molecule has 0 amide bonds. The molecule has 1 aromatic rings. The van der Waals surface area contributed by atoms with Gasteiger partial charge >= 0.3 is 0 Å². The zero-order chi connectivity index (χ0) is 15.9. The molecule has 7 heteroatoms. The van der Waals surface area contributed by atoms with E-state index in [0.717, 1.165) is 0 Å². The van der Waals surface area contributed by atoms with Gasteiger partial charge in [0.05, 0.1) is 11.5 Å². The lowest BCUT2D eigenvalue weighted by molar-refractivity contribution is 0.153. The second-order valence-electron chi connectivity index (χ2n) is 4.59. The number of nitrogens with one attached hydrogen (secondary N) is 2. The van der Waals surface area contributed by atoms with Gasteiger partial charge in [0, 0.05) is 25.3 Å². The van der Waals surface area contributed by atoms with E-state index in [0.29, 0.717) is 37.4 Å². The molecule has 2 N–H and O–H groups in total. The first kappa shape index (κ1) is 18.0. The summed E-state index contributed by atoms with van der Waals surface area (Å²) in [5.74, 6) is -0.371. The minimum Gasteiger partial charge on any atom is -0.380 e. The molecule has 1 rings (SSSR count). The van der Waals surface area contributed by atoms with Crippen molar-refractivity contribution in [3.8, 4) is 0 Å². The Balaban J connectivity index is 2.93. The van der Waals surface area contributed by atoms with Crippen molar-refractivity contribution in [3.05, 3.63) is 29.1 Å². The highest BCUT2D eigenvalue weighted by atomic mass is 32.2. The highest BCUT2D eigenvalue weighted by molar-refractivity contribution is 7.89. The van der Waals surface area contributed by atoms with Gasteiger partial charge in [-0.3, -0.25) is 0 Å². The maximum absolute atomic E-state index is 14.0. The fourth-order valence-electron chi connectivity index (χ4n) is 1.83. The molecule has 0 atom stereocenters. The Kier molecular flexibility index (Phi) is 7.24. The summed E-state index contributed by atoms with van der Waals surface area (Å²) in [6, 6.07) is 2.71. The highest BCUT2D eigenvalue weighted by Gasteiger charge is 2.17. The van der Waals surface area contributed by atoms with E-state index in [1.54, 1.807) is 6.92 Å². The van der Waals surface area contributed by atoms with Crippen LogP contribution in [0.3, 0.4) is 0 Å². The molecule has 120 valence electrons. The molecular formula is C14H23FN2O3S. The van der Waals surface area contributed by atoms with E-state index in [1.807, 2.05) is 13.8 Å². The molecule has 0 radical (unpaired) electrons. The van der Waals surface area contributed by atoms with Crippen LogP contribution >= 0.6 is 0 Å². The number of hydrogen-bond acceptors (Lipinski definition) is 4. The van der Waals surface area contributed by atoms with Gasteiger partial charge in [-0.15, -0.1) is 0 Å². The summed E-state index contributed by atoms with van der Waals surface area (Å²) >= 11 is 0. The van der Waals surface area contributed by atoms with E-state index in [4.69, 9.17) is 4.74 Å². The Bertz CT molecular complexity index is 562. The lowest BCUT2D eigenvalue weighted by atomic mass is 10.1. The van der Waals surface area contributed by atoms with Crippen LogP contribution < -0.4 is 10.0 Å². The maximum Gasteiger partial charge on any atom is 0.240 e. The van der Waals surface area contributed by atoms with Crippen LogP contribution in [0.25, 0.3) is 0 Å². The summed E-state index contributed by atoms with van der Waals surface area (Å²) in [5.41, 5.74) is 0.664. The highest BCUT2D eigenvalue weighted by Crippen LogP contribution is 2.19. The fraction of sp³-hybridized carbons (Fsp3) is 0.571. The van der Waals surface area contributed by atoms with Crippen LogP contribution in [0.1, 0.15) is 25.0 Å². The van der Waals surface area contributed by atoms with Crippen LogP contribution in [-0.2, 0) is 21.3 Å². The number of hydrogen-bond donors (Lipinski definition) is 2. The van der Waals surface area contributed by atoms with Crippen molar-refractivity contribution in [1.29, 1.82) is 0 Å². The number of rotatable bonds is 9. The van der Waals surface area contributed by atoms with Crippen molar-refractivity contribution in [2.45, 2.75) is 32.2 Å². The van der Waals surface area contributed by atoms with Gasteiger partial charge < -0.3 is 10.1 Å². The molecule has 0 bridgehead atoms. The summed E-state index contributed by atoms with van der Waals surface area (Å²) in [7, 11) is -3.65. The smallest absolute Gasteiger partial charge is 0.240 e. The summed E-state index contributed by atoms with van der Waals surface area (Å²) in [6.07, 6.45) is 0. The molecule has 0 saturated heterocycles. The zero-order valence-corrected chi connectivity index (χ0v) is 13.5. The SMILES string of the molecule is CCNCc1cc(S(=O)(=O)NCCOCC)cc(C)c1F. The Morgan fingerprint density at radius 3 is 2.62 bits per heavy atom. The molecular weight excluding hydrogens is 295 g/mol. The van der Waals surface area contributed by atoms with Crippen molar-refractivity contribution < 1.29 is 17.5 Å². The average Bonchev–Trinajstić information content (AvgIpc) is 2.45. The molecule has 1 aromatic carbocycles. The van der Waals surface area contributed by atoms with Gasteiger partial charge in [0.25, 0.3) is 0 Å². The summed E-state index contributed by atoms with van der Waals surface area (Å²) in [4.78, 5) is 0.0748. The van der Waals surface area contributed by atoms with Crippen LogP contribution in [0.4, 0.5) is 4.39 Å². The van der Waals surface area contributed by atoms with Crippen LogP contribution in [0, 0.1) is 12.7 Å². The van der Waals surface area contributed by atoms with E-state index in [9.17, 15) is 12.8 Å². The van der Waals surface area contributed by atoms with Crippen LogP contribution in [0.15, 0.2) is 17.0 Å². The lowest BCUT2D eigenvalue weighted by Crippen LogP contribution is -2.28. The first-order valence-corrected chi connectivity index (χ1v) is 8.47. The monoisotopic (exact) mass is 318 g/mol. The van der Waals surface area contributed by atoms with Crippen molar-refractivity contribution >= 4 is 10.0 Å². The molecule has 0 aliphatic carbocycles. The Morgan fingerprint density at radius 1 is 1.29 bits per heavy atom. The molecule has 0 unspecified atom stereocenters. The predicted octanol–water partition coefficient (Wildman–Crippen LogP) is 1.56. The molecule has 0 aliphatic rings. The molecule has 0 spiro atoms. The van der Waals surface area contributed by atoms with Crippen molar-refractivity contribution in [2.24, 2.45) is 0 Å². The number of sulfonamides is 1. The van der Waals surface area contributed by atoms with Gasteiger partial charge in [-0.25, -0.2) is 17.5 Å². The first-order valence-electron chi connectivity index (χ1n) is 6.99. The molecule has 0 aliphatic heterocycles. The van der Waals surface area contributed by atoms with Gasteiger partial charge in [-0.1, -0.05) is 6.92 Å². The van der Waals surface area contributed by atoms with E-state index >= 15 is 0 Å². The lowest BCUT2D eigenvalue weighted by Gasteiger charge is -2.12. The van der Waals surface area contributed by atoms with Crippen LogP contribution in [0.5, 0.6) is 0 Å².